The number of hydrogen-bond donors (Lipinski definition) is 2. The molecule has 1 aromatic heterocycles. The van der Waals surface area contributed by atoms with Crippen LogP contribution >= 0.6 is 0 Å². The van der Waals surface area contributed by atoms with Crippen LogP contribution in [0.5, 0.6) is 5.75 Å². The Morgan fingerprint density at radius 3 is 2.81 bits per heavy atom. The van der Waals surface area contributed by atoms with Crippen molar-refractivity contribution in [1.29, 1.82) is 0 Å². The summed E-state index contributed by atoms with van der Waals surface area (Å²) >= 11 is 0. The molecule has 0 bridgehead atoms. The monoisotopic (exact) mass is 219 g/mol. The summed E-state index contributed by atoms with van der Waals surface area (Å²) in [5.74, 6) is 0.556. The molecule has 16 heavy (non-hydrogen) atoms. The Hall–Kier alpha value is -1.94. The molecule has 0 radical (unpaired) electrons. The molecule has 4 heteroatoms. The number of nitrogens with two attached hydrogens (primary N) is 1. The SMILES string of the molecule is COc1cccc(C(O)c2ccoc2)c1N. The average Bonchev–Trinajstić information content (AvgIpc) is 2.82. The van der Waals surface area contributed by atoms with Gasteiger partial charge in [0.15, 0.2) is 0 Å². The number of ether oxygens (including phenoxy) is 1. The van der Waals surface area contributed by atoms with E-state index in [2.05, 4.69) is 0 Å². The van der Waals surface area contributed by atoms with Crippen molar-refractivity contribution in [3.8, 4) is 5.75 Å². The summed E-state index contributed by atoms with van der Waals surface area (Å²) in [6.07, 6.45) is 2.20. The number of rotatable bonds is 3. The van der Waals surface area contributed by atoms with Crippen molar-refractivity contribution in [3.05, 3.63) is 47.9 Å². The summed E-state index contributed by atoms with van der Waals surface area (Å²) in [6, 6.07) is 6.99. The highest BCUT2D eigenvalue weighted by atomic mass is 16.5. The Balaban J connectivity index is 2.41. The van der Waals surface area contributed by atoms with Gasteiger partial charge in [0.1, 0.15) is 11.9 Å². The van der Waals surface area contributed by atoms with Crippen LogP contribution in [0.2, 0.25) is 0 Å². The Kier molecular flexibility index (Phi) is 2.83. The largest absolute Gasteiger partial charge is 0.495 e. The van der Waals surface area contributed by atoms with Crippen molar-refractivity contribution in [2.24, 2.45) is 0 Å². The van der Waals surface area contributed by atoms with E-state index < -0.39 is 6.10 Å². The maximum absolute atomic E-state index is 10.1. The number of methoxy groups -OCH3 is 1. The van der Waals surface area contributed by atoms with Gasteiger partial charge in [0.2, 0.25) is 0 Å². The van der Waals surface area contributed by atoms with Crippen molar-refractivity contribution in [2.45, 2.75) is 6.10 Å². The molecule has 0 saturated carbocycles. The molecule has 1 aromatic carbocycles. The lowest BCUT2D eigenvalue weighted by molar-refractivity contribution is 0.219. The number of para-hydroxylation sites is 1. The molecule has 1 unspecified atom stereocenters. The molecule has 0 aliphatic carbocycles. The fourth-order valence-corrected chi connectivity index (χ4v) is 1.59. The third-order valence-electron chi connectivity index (χ3n) is 2.47. The normalized spacial score (nSPS) is 12.4. The molecule has 2 aromatic rings. The van der Waals surface area contributed by atoms with Gasteiger partial charge in [0.25, 0.3) is 0 Å². The van der Waals surface area contributed by atoms with Crippen molar-refractivity contribution in [3.63, 3.8) is 0 Å². The highest BCUT2D eigenvalue weighted by Gasteiger charge is 2.16. The van der Waals surface area contributed by atoms with Crippen LogP contribution in [0.15, 0.2) is 41.2 Å². The highest BCUT2D eigenvalue weighted by molar-refractivity contribution is 5.60. The molecule has 2 rings (SSSR count). The first-order valence-electron chi connectivity index (χ1n) is 4.86. The maximum Gasteiger partial charge on any atom is 0.142 e. The zero-order valence-corrected chi connectivity index (χ0v) is 8.88. The molecular formula is C12H13NO3. The van der Waals surface area contributed by atoms with Gasteiger partial charge in [-0.15, -0.1) is 0 Å². The molecule has 0 amide bonds. The van der Waals surface area contributed by atoms with Crippen molar-refractivity contribution < 1.29 is 14.3 Å². The van der Waals surface area contributed by atoms with E-state index in [4.69, 9.17) is 14.9 Å². The summed E-state index contributed by atoms with van der Waals surface area (Å²) in [5.41, 5.74) is 7.61. The van der Waals surface area contributed by atoms with E-state index in [0.717, 1.165) is 0 Å². The lowest BCUT2D eigenvalue weighted by Crippen LogP contribution is -2.04. The predicted molar refractivity (Wildman–Crippen MR) is 60.2 cm³/mol. The van der Waals surface area contributed by atoms with Crippen molar-refractivity contribution in [1.82, 2.24) is 0 Å². The van der Waals surface area contributed by atoms with E-state index in [1.54, 1.807) is 31.4 Å². The molecular weight excluding hydrogens is 206 g/mol. The minimum Gasteiger partial charge on any atom is -0.495 e. The standard InChI is InChI=1S/C12H13NO3/c1-15-10-4-2-3-9(11(10)13)12(14)8-5-6-16-7-8/h2-7,12,14H,13H2,1H3. The van der Waals surface area contributed by atoms with Gasteiger partial charge in [-0.3, -0.25) is 0 Å². The summed E-state index contributed by atoms with van der Waals surface area (Å²) in [5, 5.41) is 10.1. The van der Waals surface area contributed by atoms with Crippen LogP contribution in [0, 0.1) is 0 Å². The lowest BCUT2D eigenvalue weighted by atomic mass is 10.0. The van der Waals surface area contributed by atoms with Gasteiger partial charge in [0, 0.05) is 11.1 Å². The molecule has 84 valence electrons. The maximum atomic E-state index is 10.1. The summed E-state index contributed by atoms with van der Waals surface area (Å²) < 4.78 is 10.0. The zero-order valence-electron chi connectivity index (χ0n) is 8.88. The number of aliphatic hydroxyl groups is 1. The number of hydrogen-bond acceptors (Lipinski definition) is 4. The quantitative estimate of drug-likeness (QED) is 0.774. The van der Waals surface area contributed by atoms with Gasteiger partial charge in [0.05, 0.1) is 25.3 Å². The smallest absolute Gasteiger partial charge is 0.142 e. The number of anilines is 1. The number of aliphatic hydroxyl groups excluding tert-OH is 1. The first-order chi connectivity index (χ1) is 7.74. The van der Waals surface area contributed by atoms with Gasteiger partial charge in [-0.1, -0.05) is 12.1 Å². The molecule has 0 aliphatic rings. The third-order valence-corrected chi connectivity index (χ3v) is 2.47. The van der Waals surface area contributed by atoms with Gasteiger partial charge < -0.3 is 20.0 Å². The van der Waals surface area contributed by atoms with E-state index >= 15 is 0 Å². The minimum absolute atomic E-state index is 0.443. The van der Waals surface area contributed by atoms with E-state index in [0.29, 0.717) is 22.6 Å². The second-order valence-electron chi connectivity index (χ2n) is 3.42. The van der Waals surface area contributed by atoms with Gasteiger partial charge in [-0.2, -0.15) is 0 Å². The van der Waals surface area contributed by atoms with Crippen LogP contribution in [-0.2, 0) is 0 Å². The summed E-state index contributed by atoms with van der Waals surface area (Å²) in [6.45, 7) is 0. The molecule has 0 spiro atoms. The third kappa shape index (κ3) is 1.75. The van der Waals surface area contributed by atoms with Crippen LogP contribution in [0.1, 0.15) is 17.2 Å². The van der Waals surface area contributed by atoms with E-state index in [1.165, 1.54) is 12.5 Å². The first kappa shape index (κ1) is 10.6. The molecule has 0 saturated heterocycles. The summed E-state index contributed by atoms with van der Waals surface area (Å²) in [7, 11) is 1.54. The Labute approximate surface area is 93.3 Å². The van der Waals surface area contributed by atoms with Crippen LogP contribution in [0.3, 0.4) is 0 Å². The van der Waals surface area contributed by atoms with E-state index in [1.807, 2.05) is 0 Å². The lowest BCUT2D eigenvalue weighted by Gasteiger charge is -2.14. The molecule has 0 fully saturated rings. The zero-order chi connectivity index (χ0) is 11.5. The molecule has 0 aliphatic heterocycles. The number of furan rings is 1. The van der Waals surface area contributed by atoms with Gasteiger partial charge >= 0.3 is 0 Å². The van der Waals surface area contributed by atoms with Crippen molar-refractivity contribution in [2.75, 3.05) is 12.8 Å². The fraction of sp³-hybridized carbons (Fsp3) is 0.167. The number of nitrogen functional groups attached to an aromatic ring is 1. The predicted octanol–water partition coefficient (Wildman–Crippen LogP) is 1.95. The molecule has 3 N–H and O–H groups in total. The molecule has 4 nitrogen and oxygen atoms in total. The number of benzene rings is 1. The van der Waals surface area contributed by atoms with Crippen LogP contribution in [0.4, 0.5) is 5.69 Å². The van der Waals surface area contributed by atoms with E-state index in [-0.39, 0.29) is 0 Å². The molecule has 1 heterocycles. The van der Waals surface area contributed by atoms with Crippen LogP contribution < -0.4 is 10.5 Å². The fourth-order valence-electron chi connectivity index (χ4n) is 1.59. The summed E-state index contributed by atoms with van der Waals surface area (Å²) in [4.78, 5) is 0. The van der Waals surface area contributed by atoms with Crippen molar-refractivity contribution >= 4 is 5.69 Å². The van der Waals surface area contributed by atoms with Crippen LogP contribution in [0.25, 0.3) is 0 Å². The molecule has 1 atom stereocenters. The average molecular weight is 219 g/mol. The Bertz CT molecular complexity index is 465. The highest BCUT2D eigenvalue weighted by Crippen LogP contribution is 2.32. The minimum atomic E-state index is -0.797. The Morgan fingerprint density at radius 1 is 1.38 bits per heavy atom. The van der Waals surface area contributed by atoms with Gasteiger partial charge in [-0.05, 0) is 12.1 Å². The second-order valence-corrected chi connectivity index (χ2v) is 3.42. The second kappa shape index (κ2) is 4.28. The Morgan fingerprint density at radius 2 is 2.19 bits per heavy atom. The topological polar surface area (TPSA) is 68.6 Å². The van der Waals surface area contributed by atoms with Gasteiger partial charge in [-0.25, -0.2) is 0 Å². The van der Waals surface area contributed by atoms with E-state index in [9.17, 15) is 5.11 Å². The first-order valence-corrected chi connectivity index (χ1v) is 4.86. The van der Waals surface area contributed by atoms with Crippen LogP contribution in [-0.4, -0.2) is 12.2 Å².